The van der Waals surface area contributed by atoms with Gasteiger partial charge in [-0.15, -0.1) is 0 Å². The number of fused-ring (bicyclic) bond motifs is 1. The van der Waals surface area contributed by atoms with Crippen LogP contribution in [-0.4, -0.2) is 45.1 Å². The quantitative estimate of drug-likeness (QED) is 0.769. The highest BCUT2D eigenvalue weighted by molar-refractivity contribution is 6.14. The average molecular weight is 369 g/mol. The van der Waals surface area contributed by atoms with Gasteiger partial charge in [0.1, 0.15) is 23.0 Å². The highest BCUT2D eigenvalue weighted by Crippen LogP contribution is 2.36. The highest BCUT2D eigenvalue weighted by atomic mass is 16.6. The number of nitrogens with zero attached hydrogens (tertiary/aromatic N) is 1. The maximum atomic E-state index is 12.6. The van der Waals surface area contributed by atoms with Crippen LogP contribution in [0, 0.1) is 0 Å². The van der Waals surface area contributed by atoms with Crippen LogP contribution in [0.3, 0.4) is 0 Å². The molecular weight excluding hydrogens is 350 g/mol. The first-order chi connectivity index (χ1) is 12.9. The fourth-order valence-electron chi connectivity index (χ4n) is 2.50. The number of methoxy groups -OCH3 is 2. The van der Waals surface area contributed by atoms with E-state index in [-0.39, 0.29) is 11.5 Å². The van der Waals surface area contributed by atoms with Crippen LogP contribution in [0.15, 0.2) is 42.2 Å². The van der Waals surface area contributed by atoms with Crippen molar-refractivity contribution in [2.45, 2.75) is 0 Å². The molecule has 0 unspecified atom stereocenters. The third-order valence-electron chi connectivity index (χ3n) is 3.94. The molecule has 1 aliphatic rings. The minimum Gasteiger partial charge on any atom is -0.497 e. The summed E-state index contributed by atoms with van der Waals surface area (Å²) in [4.78, 5) is 25.6. The fraction of sp³-hybridized carbons (Fsp3) is 0.200. The zero-order valence-electron chi connectivity index (χ0n) is 15.4. The molecule has 0 atom stereocenters. The average Bonchev–Trinajstić information content (AvgIpc) is 2.97. The third kappa shape index (κ3) is 3.72. The van der Waals surface area contributed by atoms with Crippen LogP contribution in [0.25, 0.3) is 6.08 Å². The normalized spacial score (nSPS) is 13.8. The van der Waals surface area contributed by atoms with Crippen LogP contribution in [0.4, 0.5) is 4.79 Å². The van der Waals surface area contributed by atoms with Crippen LogP contribution >= 0.6 is 0 Å². The Morgan fingerprint density at radius 3 is 2.44 bits per heavy atom. The molecule has 2 aromatic carbocycles. The lowest BCUT2D eigenvalue weighted by Crippen LogP contribution is -2.25. The number of carbonyl (C=O) groups is 2. The van der Waals surface area contributed by atoms with Crippen molar-refractivity contribution in [3.05, 3.63) is 53.3 Å². The summed E-state index contributed by atoms with van der Waals surface area (Å²) in [6, 6.07) is 9.90. The van der Waals surface area contributed by atoms with Crippen molar-refractivity contribution < 1.29 is 28.5 Å². The van der Waals surface area contributed by atoms with Crippen LogP contribution in [0.5, 0.6) is 23.0 Å². The van der Waals surface area contributed by atoms with Crippen LogP contribution in [-0.2, 0) is 0 Å². The molecule has 2 aromatic rings. The van der Waals surface area contributed by atoms with Gasteiger partial charge in [0.05, 0.1) is 19.8 Å². The number of ketones is 1. The number of amides is 1. The lowest BCUT2D eigenvalue weighted by Gasteiger charge is -2.10. The molecule has 0 aliphatic carbocycles. The van der Waals surface area contributed by atoms with Crippen LogP contribution in [0.2, 0.25) is 0 Å². The van der Waals surface area contributed by atoms with Gasteiger partial charge in [0.25, 0.3) is 0 Å². The Bertz CT molecular complexity index is 932. The number of carbonyl (C=O) groups excluding carboxylic acids is 2. The summed E-state index contributed by atoms with van der Waals surface area (Å²) in [5.41, 5.74) is 1.08. The summed E-state index contributed by atoms with van der Waals surface area (Å²) >= 11 is 0. The molecule has 1 heterocycles. The minimum atomic E-state index is -0.516. The maximum absolute atomic E-state index is 12.6. The largest absolute Gasteiger partial charge is 0.497 e. The first kappa shape index (κ1) is 18.3. The van der Waals surface area contributed by atoms with E-state index in [0.29, 0.717) is 34.1 Å². The van der Waals surface area contributed by atoms with E-state index >= 15 is 0 Å². The molecule has 27 heavy (non-hydrogen) atoms. The summed E-state index contributed by atoms with van der Waals surface area (Å²) in [6.07, 6.45) is 1.09. The van der Waals surface area contributed by atoms with E-state index in [0.717, 1.165) is 0 Å². The number of hydrogen-bond acceptors (Lipinski definition) is 6. The van der Waals surface area contributed by atoms with Crippen molar-refractivity contribution in [2.24, 2.45) is 0 Å². The molecule has 1 amide bonds. The summed E-state index contributed by atoms with van der Waals surface area (Å²) in [6.45, 7) is 0. The molecule has 0 aromatic heterocycles. The molecule has 0 bridgehead atoms. The molecule has 3 rings (SSSR count). The van der Waals surface area contributed by atoms with Gasteiger partial charge in [-0.3, -0.25) is 4.79 Å². The Balaban J connectivity index is 1.88. The van der Waals surface area contributed by atoms with Gasteiger partial charge in [0, 0.05) is 31.8 Å². The third-order valence-corrected chi connectivity index (χ3v) is 3.94. The summed E-state index contributed by atoms with van der Waals surface area (Å²) in [5.74, 6) is 1.72. The summed E-state index contributed by atoms with van der Waals surface area (Å²) in [7, 11) is 6.26. The van der Waals surface area contributed by atoms with Gasteiger partial charge in [0.15, 0.2) is 5.76 Å². The molecule has 0 radical (unpaired) electrons. The molecule has 0 saturated carbocycles. The zero-order valence-corrected chi connectivity index (χ0v) is 15.4. The Morgan fingerprint density at radius 1 is 1.04 bits per heavy atom. The first-order valence-corrected chi connectivity index (χ1v) is 8.12. The van der Waals surface area contributed by atoms with Crippen molar-refractivity contribution in [2.75, 3.05) is 28.3 Å². The molecule has 7 heteroatoms. The van der Waals surface area contributed by atoms with Crippen molar-refractivity contribution in [3.8, 4) is 23.0 Å². The maximum Gasteiger partial charge on any atom is 0.414 e. The number of Topliss-reactive ketones (excluding diaryl/α,β-unsaturated/α-hetero) is 1. The highest BCUT2D eigenvalue weighted by Gasteiger charge is 2.28. The van der Waals surface area contributed by atoms with E-state index in [4.69, 9.17) is 18.9 Å². The van der Waals surface area contributed by atoms with Gasteiger partial charge in [0.2, 0.25) is 5.78 Å². The smallest absolute Gasteiger partial charge is 0.414 e. The van der Waals surface area contributed by atoms with Crippen molar-refractivity contribution >= 4 is 18.0 Å². The van der Waals surface area contributed by atoms with Gasteiger partial charge >= 0.3 is 6.09 Å². The van der Waals surface area contributed by atoms with Crippen molar-refractivity contribution in [1.29, 1.82) is 0 Å². The second-order valence-corrected chi connectivity index (χ2v) is 5.97. The number of rotatable bonds is 4. The van der Waals surface area contributed by atoms with E-state index in [1.807, 2.05) is 0 Å². The van der Waals surface area contributed by atoms with Crippen molar-refractivity contribution in [1.82, 2.24) is 4.90 Å². The van der Waals surface area contributed by atoms with Crippen LogP contribution < -0.4 is 18.9 Å². The standard InChI is InChI=1S/C20H19NO6/c1-21(2)20(23)26-14-7-8-15-17(11-14)27-18(19(15)22)9-12-5-6-13(24-3)10-16(12)25-4/h5-11H,1-4H3/b18-9-. The summed E-state index contributed by atoms with van der Waals surface area (Å²) < 4.78 is 21.4. The molecule has 1 aliphatic heterocycles. The van der Waals surface area contributed by atoms with Gasteiger partial charge < -0.3 is 23.8 Å². The first-order valence-electron chi connectivity index (χ1n) is 8.12. The molecular formula is C20H19NO6. The zero-order chi connectivity index (χ0) is 19.6. The van der Waals surface area contributed by atoms with Gasteiger partial charge in [-0.2, -0.15) is 0 Å². The van der Waals surface area contributed by atoms with E-state index in [9.17, 15) is 9.59 Å². The van der Waals surface area contributed by atoms with E-state index in [2.05, 4.69) is 0 Å². The second kappa shape index (κ2) is 7.41. The second-order valence-electron chi connectivity index (χ2n) is 5.97. The van der Waals surface area contributed by atoms with Gasteiger partial charge in [-0.25, -0.2) is 4.79 Å². The molecule has 0 saturated heterocycles. The number of hydrogen-bond donors (Lipinski definition) is 0. The monoisotopic (exact) mass is 369 g/mol. The fourth-order valence-corrected chi connectivity index (χ4v) is 2.50. The SMILES string of the molecule is COc1ccc(/C=C2\Oc3cc(OC(=O)N(C)C)ccc3C2=O)c(OC)c1. The molecule has 0 spiro atoms. The topological polar surface area (TPSA) is 74.3 Å². The Labute approximate surface area is 156 Å². The predicted octanol–water partition coefficient (Wildman–Crippen LogP) is 3.38. The lowest BCUT2D eigenvalue weighted by atomic mass is 10.1. The Kier molecular flexibility index (Phi) is 5.03. The molecule has 0 N–H and O–H groups in total. The lowest BCUT2D eigenvalue weighted by molar-refractivity contribution is 0.101. The Morgan fingerprint density at radius 2 is 1.78 bits per heavy atom. The minimum absolute atomic E-state index is 0.157. The predicted molar refractivity (Wildman–Crippen MR) is 98.6 cm³/mol. The van der Waals surface area contributed by atoms with E-state index in [1.54, 1.807) is 57.6 Å². The molecule has 0 fully saturated rings. The van der Waals surface area contributed by atoms with E-state index in [1.165, 1.54) is 18.1 Å². The van der Waals surface area contributed by atoms with Gasteiger partial charge in [-0.05, 0) is 30.3 Å². The molecule has 140 valence electrons. The number of allylic oxidation sites excluding steroid dienone is 1. The molecule has 7 nitrogen and oxygen atoms in total. The number of ether oxygens (including phenoxy) is 4. The summed E-state index contributed by atoms with van der Waals surface area (Å²) in [5, 5.41) is 0. The number of benzene rings is 2. The van der Waals surface area contributed by atoms with E-state index < -0.39 is 6.09 Å². The Hall–Kier alpha value is -3.48. The van der Waals surface area contributed by atoms with Crippen molar-refractivity contribution in [3.63, 3.8) is 0 Å². The van der Waals surface area contributed by atoms with Crippen LogP contribution in [0.1, 0.15) is 15.9 Å². The van der Waals surface area contributed by atoms with Gasteiger partial charge in [-0.1, -0.05) is 0 Å².